The highest BCUT2D eigenvalue weighted by Crippen LogP contribution is 2.46. The Morgan fingerprint density at radius 3 is 1.56 bits per heavy atom. The van der Waals surface area contributed by atoms with Crippen molar-refractivity contribution in [1.29, 1.82) is 0 Å². The first-order chi connectivity index (χ1) is 27.3. The van der Waals surface area contributed by atoms with Crippen molar-refractivity contribution in [2.45, 2.75) is 0 Å². The molecule has 0 radical (unpaired) electrons. The van der Waals surface area contributed by atoms with E-state index in [-0.39, 0.29) is 0 Å². The van der Waals surface area contributed by atoms with Crippen molar-refractivity contribution in [2.24, 2.45) is 0 Å². The maximum Gasteiger partial charge on any atom is 0.143 e. The Labute approximate surface area is 317 Å². The van der Waals surface area contributed by atoms with E-state index >= 15 is 0 Å². The summed E-state index contributed by atoms with van der Waals surface area (Å²) in [5.41, 5.74) is 13.7. The lowest BCUT2D eigenvalue weighted by Crippen LogP contribution is -2.10. The van der Waals surface area contributed by atoms with Gasteiger partial charge in [0.2, 0.25) is 0 Å². The van der Waals surface area contributed by atoms with Gasteiger partial charge in [0.15, 0.2) is 0 Å². The number of hydrogen-bond acceptors (Lipinski definition) is 3. The third-order valence-electron chi connectivity index (χ3n) is 10.9. The Kier molecular flexibility index (Phi) is 7.17. The molecule has 0 fully saturated rings. The maximum atomic E-state index is 6.86. The number of rotatable bonds is 6. The predicted octanol–water partition coefficient (Wildman–Crippen LogP) is 15.1. The van der Waals surface area contributed by atoms with Crippen molar-refractivity contribution in [3.05, 3.63) is 200 Å². The van der Waals surface area contributed by atoms with Gasteiger partial charge in [0.1, 0.15) is 22.3 Å². The highest BCUT2D eigenvalue weighted by atomic mass is 16.3. The molecule has 0 saturated carbocycles. The fourth-order valence-electron chi connectivity index (χ4n) is 8.30. The zero-order valence-corrected chi connectivity index (χ0v) is 29.8. The molecule has 0 atom stereocenters. The number of para-hydroxylation sites is 2. The summed E-state index contributed by atoms with van der Waals surface area (Å²) in [6.45, 7) is 0. The molecule has 0 unspecified atom stereocenters. The van der Waals surface area contributed by atoms with Crippen LogP contribution in [0.25, 0.3) is 88.0 Å². The molecular weight excluding hydrogens is 671 g/mol. The van der Waals surface area contributed by atoms with E-state index in [4.69, 9.17) is 8.83 Å². The molecule has 55 heavy (non-hydrogen) atoms. The summed E-state index contributed by atoms with van der Waals surface area (Å²) in [5.74, 6) is 0. The summed E-state index contributed by atoms with van der Waals surface area (Å²) < 4.78 is 13.1. The van der Waals surface area contributed by atoms with Gasteiger partial charge in [-0.3, -0.25) is 0 Å². The standard InChI is InChI=1S/C52H33NO2/c1-3-13-34(14-4-1)35-25-29-38(30-26-35)53(39-31-27-37(28-32-39)40-20-12-24-49-50(40)45-19-9-10-23-48(45)54-49)47-33-46-44-22-11-21-41(36-15-5-2-6-16-36)51(44)55-52(46)43-18-8-7-17-42(43)47/h1-33H. The molecule has 3 nitrogen and oxygen atoms in total. The molecule has 2 aromatic heterocycles. The third-order valence-corrected chi connectivity index (χ3v) is 10.9. The minimum Gasteiger partial charge on any atom is -0.456 e. The van der Waals surface area contributed by atoms with Gasteiger partial charge in [-0.05, 0) is 70.3 Å². The van der Waals surface area contributed by atoms with E-state index in [0.717, 1.165) is 94.0 Å². The third kappa shape index (κ3) is 5.13. The van der Waals surface area contributed by atoms with Crippen LogP contribution in [0.3, 0.4) is 0 Å². The largest absolute Gasteiger partial charge is 0.456 e. The van der Waals surface area contributed by atoms with Crippen LogP contribution in [-0.4, -0.2) is 0 Å². The van der Waals surface area contributed by atoms with Gasteiger partial charge in [-0.1, -0.05) is 158 Å². The van der Waals surface area contributed by atoms with Crippen LogP contribution in [0.1, 0.15) is 0 Å². The second-order valence-corrected chi connectivity index (χ2v) is 14.0. The molecule has 0 aliphatic rings. The molecule has 11 aromatic rings. The molecule has 0 spiro atoms. The van der Waals surface area contributed by atoms with Crippen LogP contribution in [0, 0.1) is 0 Å². The molecule has 9 aromatic carbocycles. The maximum absolute atomic E-state index is 6.86. The monoisotopic (exact) mass is 703 g/mol. The van der Waals surface area contributed by atoms with E-state index in [1.165, 1.54) is 11.1 Å². The number of nitrogens with zero attached hydrogens (tertiary/aromatic N) is 1. The van der Waals surface area contributed by atoms with E-state index in [1.807, 2.05) is 12.1 Å². The van der Waals surface area contributed by atoms with E-state index in [9.17, 15) is 0 Å². The molecule has 3 heteroatoms. The van der Waals surface area contributed by atoms with Gasteiger partial charge in [-0.25, -0.2) is 0 Å². The van der Waals surface area contributed by atoms with Crippen LogP contribution >= 0.6 is 0 Å². The fourth-order valence-corrected chi connectivity index (χ4v) is 8.30. The lowest BCUT2D eigenvalue weighted by molar-refractivity contribution is 0.669. The molecular formula is C52H33NO2. The number of fused-ring (bicyclic) bond motifs is 8. The SMILES string of the molecule is c1ccc(-c2ccc(N(c3ccc(-c4cccc5oc6ccccc6c45)cc3)c3cc4c5cccc(-c6ccccc6)c5oc4c4ccccc34)cc2)cc1. The highest BCUT2D eigenvalue weighted by Gasteiger charge is 2.22. The Bertz CT molecular complexity index is 3180. The van der Waals surface area contributed by atoms with Crippen LogP contribution in [0.4, 0.5) is 17.1 Å². The zero-order chi connectivity index (χ0) is 36.3. The summed E-state index contributed by atoms with van der Waals surface area (Å²) in [5, 5.41) is 6.63. The van der Waals surface area contributed by atoms with Crippen molar-refractivity contribution >= 4 is 71.7 Å². The molecule has 0 N–H and O–H groups in total. The molecule has 0 aliphatic carbocycles. The lowest BCUT2D eigenvalue weighted by Gasteiger charge is -2.27. The summed E-state index contributed by atoms with van der Waals surface area (Å²) >= 11 is 0. The van der Waals surface area contributed by atoms with E-state index in [1.54, 1.807) is 0 Å². The lowest BCUT2D eigenvalue weighted by atomic mass is 9.98. The zero-order valence-electron chi connectivity index (χ0n) is 29.8. The van der Waals surface area contributed by atoms with Crippen molar-refractivity contribution in [3.8, 4) is 33.4 Å². The van der Waals surface area contributed by atoms with Gasteiger partial charge < -0.3 is 13.7 Å². The first kappa shape index (κ1) is 31.2. The molecule has 0 amide bonds. The summed E-state index contributed by atoms with van der Waals surface area (Å²) in [6, 6.07) is 70.9. The van der Waals surface area contributed by atoms with Gasteiger partial charge in [-0.15, -0.1) is 0 Å². The van der Waals surface area contributed by atoms with Crippen LogP contribution in [0.15, 0.2) is 209 Å². The second-order valence-electron chi connectivity index (χ2n) is 14.0. The normalized spacial score (nSPS) is 11.6. The Morgan fingerprint density at radius 2 is 0.818 bits per heavy atom. The molecule has 0 saturated heterocycles. The van der Waals surface area contributed by atoms with Crippen molar-refractivity contribution in [3.63, 3.8) is 0 Å². The van der Waals surface area contributed by atoms with Crippen LogP contribution < -0.4 is 4.90 Å². The predicted molar refractivity (Wildman–Crippen MR) is 229 cm³/mol. The smallest absolute Gasteiger partial charge is 0.143 e. The average molecular weight is 704 g/mol. The molecule has 0 aliphatic heterocycles. The van der Waals surface area contributed by atoms with Gasteiger partial charge in [-0.2, -0.15) is 0 Å². The van der Waals surface area contributed by atoms with Crippen molar-refractivity contribution in [1.82, 2.24) is 0 Å². The van der Waals surface area contributed by atoms with Crippen LogP contribution in [0.2, 0.25) is 0 Å². The van der Waals surface area contributed by atoms with E-state index < -0.39 is 0 Å². The summed E-state index contributed by atoms with van der Waals surface area (Å²) in [7, 11) is 0. The topological polar surface area (TPSA) is 29.5 Å². The van der Waals surface area contributed by atoms with E-state index in [2.05, 4.69) is 193 Å². The Balaban J connectivity index is 1.12. The van der Waals surface area contributed by atoms with Crippen LogP contribution in [-0.2, 0) is 0 Å². The molecule has 2 heterocycles. The Morgan fingerprint density at radius 1 is 0.309 bits per heavy atom. The van der Waals surface area contributed by atoms with Crippen LogP contribution in [0.5, 0.6) is 0 Å². The minimum absolute atomic E-state index is 0.894. The van der Waals surface area contributed by atoms with Crippen molar-refractivity contribution < 1.29 is 8.83 Å². The van der Waals surface area contributed by atoms with E-state index in [0.29, 0.717) is 0 Å². The number of hydrogen-bond donors (Lipinski definition) is 0. The highest BCUT2D eigenvalue weighted by molar-refractivity contribution is 6.21. The number of anilines is 3. The second kappa shape index (κ2) is 12.6. The van der Waals surface area contributed by atoms with Crippen molar-refractivity contribution in [2.75, 3.05) is 4.90 Å². The van der Waals surface area contributed by atoms with Gasteiger partial charge in [0.05, 0.1) is 5.69 Å². The van der Waals surface area contributed by atoms with Gasteiger partial charge in [0.25, 0.3) is 0 Å². The number of furan rings is 2. The molecule has 11 rings (SSSR count). The van der Waals surface area contributed by atoms with Gasteiger partial charge >= 0.3 is 0 Å². The fraction of sp³-hybridized carbons (Fsp3) is 0. The molecule has 258 valence electrons. The Hall–Kier alpha value is -7.36. The quantitative estimate of drug-likeness (QED) is 0.173. The number of benzene rings is 9. The summed E-state index contributed by atoms with van der Waals surface area (Å²) in [6.07, 6.45) is 0. The first-order valence-electron chi connectivity index (χ1n) is 18.7. The molecule has 0 bridgehead atoms. The minimum atomic E-state index is 0.894. The average Bonchev–Trinajstić information content (AvgIpc) is 3.84. The summed E-state index contributed by atoms with van der Waals surface area (Å²) in [4.78, 5) is 2.38. The van der Waals surface area contributed by atoms with Gasteiger partial charge in [0, 0.05) is 49.3 Å². The first-order valence-corrected chi connectivity index (χ1v) is 18.7.